The smallest absolute Gasteiger partial charge is 0.330 e. The predicted octanol–water partition coefficient (Wildman–Crippen LogP) is 3.47. The minimum atomic E-state index is -0.822. The van der Waals surface area contributed by atoms with Crippen LogP contribution < -0.4 is 0 Å². The third kappa shape index (κ3) is 3.70. The van der Waals surface area contributed by atoms with Crippen LogP contribution in [0.2, 0.25) is 0 Å². The number of aryl methyl sites for hydroxylation is 1. The van der Waals surface area contributed by atoms with Crippen molar-refractivity contribution in [3.8, 4) is 0 Å². The van der Waals surface area contributed by atoms with Gasteiger partial charge in [0.15, 0.2) is 0 Å². The molecule has 0 amide bonds. The van der Waals surface area contributed by atoms with Gasteiger partial charge < -0.3 is 9.51 Å². The van der Waals surface area contributed by atoms with Crippen molar-refractivity contribution in [1.29, 1.82) is 0 Å². The van der Waals surface area contributed by atoms with Gasteiger partial charge in [-0.05, 0) is 44.7 Å². The summed E-state index contributed by atoms with van der Waals surface area (Å²) in [6.07, 6.45) is 10.6. The van der Waals surface area contributed by atoms with E-state index in [4.69, 9.17) is 5.11 Å². The Kier molecular flexibility index (Phi) is 4.93. The molecular weight excluding hydrogens is 252 g/mol. The van der Waals surface area contributed by atoms with Crippen LogP contribution in [0.1, 0.15) is 38.3 Å². The van der Waals surface area contributed by atoms with E-state index in [1.54, 1.807) is 13.0 Å². The molecule has 2 rings (SSSR count). The number of nitrogens with zero attached hydrogens (tertiary/aromatic N) is 2. The van der Waals surface area contributed by atoms with Gasteiger partial charge in [-0.1, -0.05) is 18.6 Å². The summed E-state index contributed by atoms with van der Waals surface area (Å²) in [6.45, 7) is 1.64. The van der Waals surface area contributed by atoms with E-state index in [0.29, 0.717) is 5.57 Å². The molecule has 0 bridgehead atoms. The van der Waals surface area contributed by atoms with Crippen molar-refractivity contribution < 1.29 is 9.90 Å². The second-order valence-electron chi connectivity index (χ2n) is 5.00. The summed E-state index contributed by atoms with van der Waals surface area (Å²) in [4.78, 5) is 14.8. The maximum absolute atomic E-state index is 10.6. The van der Waals surface area contributed by atoms with E-state index < -0.39 is 5.97 Å². The van der Waals surface area contributed by atoms with E-state index in [1.807, 2.05) is 12.5 Å². The van der Waals surface area contributed by atoms with Crippen LogP contribution in [-0.2, 0) is 11.2 Å². The SMILES string of the molecule is C/C(=C\CCCCCc1cccc2cncn12)C(=O)O. The fourth-order valence-corrected chi connectivity index (χ4v) is 2.24. The first-order valence-electron chi connectivity index (χ1n) is 6.98. The maximum atomic E-state index is 10.6. The molecule has 2 heterocycles. The first-order valence-corrected chi connectivity index (χ1v) is 6.98. The molecule has 4 heteroatoms. The number of allylic oxidation sites excluding steroid dienone is 1. The molecular formula is C16H20N2O2. The third-order valence-electron chi connectivity index (χ3n) is 3.46. The highest BCUT2D eigenvalue weighted by Crippen LogP contribution is 2.11. The lowest BCUT2D eigenvalue weighted by Crippen LogP contribution is -1.96. The summed E-state index contributed by atoms with van der Waals surface area (Å²) in [5.41, 5.74) is 2.84. The zero-order valence-electron chi connectivity index (χ0n) is 11.7. The van der Waals surface area contributed by atoms with Crippen LogP contribution in [0.25, 0.3) is 5.52 Å². The predicted molar refractivity (Wildman–Crippen MR) is 78.8 cm³/mol. The van der Waals surface area contributed by atoms with Crippen molar-refractivity contribution in [3.05, 3.63) is 48.1 Å². The van der Waals surface area contributed by atoms with Gasteiger partial charge in [-0.15, -0.1) is 0 Å². The lowest BCUT2D eigenvalue weighted by Gasteiger charge is -2.05. The van der Waals surface area contributed by atoms with Gasteiger partial charge in [-0.25, -0.2) is 9.78 Å². The fraction of sp³-hybridized carbons (Fsp3) is 0.375. The average molecular weight is 272 g/mol. The summed E-state index contributed by atoms with van der Waals surface area (Å²) in [5, 5.41) is 8.74. The minimum absolute atomic E-state index is 0.438. The Balaban J connectivity index is 1.75. The van der Waals surface area contributed by atoms with Crippen molar-refractivity contribution >= 4 is 11.5 Å². The standard InChI is InChI=1S/C16H20N2O2/c1-13(16(19)20)7-4-2-3-5-8-14-9-6-10-15-11-17-12-18(14)15/h6-7,9-12H,2-5,8H2,1H3,(H,19,20)/b13-7+. The van der Waals surface area contributed by atoms with Gasteiger partial charge in [0.25, 0.3) is 0 Å². The highest BCUT2D eigenvalue weighted by atomic mass is 16.4. The molecule has 1 N–H and O–H groups in total. The molecule has 0 spiro atoms. The van der Waals surface area contributed by atoms with Crippen LogP contribution >= 0.6 is 0 Å². The van der Waals surface area contributed by atoms with E-state index in [1.165, 1.54) is 5.69 Å². The molecule has 0 radical (unpaired) electrons. The average Bonchev–Trinajstić information content (AvgIpc) is 2.91. The topological polar surface area (TPSA) is 54.6 Å². The fourth-order valence-electron chi connectivity index (χ4n) is 2.24. The molecule has 106 valence electrons. The molecule has 2 aromatic rings. The number of unbranched alkanes of at least 4 members (excludes halogenated alkanes) is 3. The molecule has 20 heavy (non-hydrogen) atoms. The largest absolute Gasteiger partial charge is 0.478 e. The number of fused-ring (bicyclic) bond motifs is 1. The van der Waals surface area contributed by atoms with Gasteiger partial charge in [0, 0.05) is 11.3 Å². The van der Waals surface area contributed by atoms with Gasteiger partial charge in [-0.2, -0.15) is 0 Å². The van der Waals surface area contributed by atoms with Crippen LogP contribution in [-0.4, -0.2) is 20.5 Å². The van der Waals surface area contributed by atoms with E-state index in [0.717, 1.165) is 37.6 Å². The number of carbonyl (C=O) groups is 1. The first kappa shape index (κ1) is 14.3. The van der Waals surface area contributed by atoms with Gasteiger partial charge in [-0.3, -0.25) is 0 Å². The normalized spacial score (nSPS) is 11.9. The molecule has 2 aromatic heterocycles. The Hall–Kier alpha value is -2.10. The van der Waals surface area contributed by atoms with E-state index >= 15 is 0 Å². The number of rotatable bonds is 7. The van der Waals surface area contributed by atoms with E-state index in [9.17, 15) is 4.79 Å². The Bertz CT molecular complexity index is 614. The Labute approximate surface area is 118 Å². The molecule has 4 nitrogen and oxygen atoms in total. The summed E-state index contributed by atoms with van der Waals surface area (Å²) >= 11 is 0. The number of aliphatic carboxylic acids is 1. The van der Waals surface area contributed by atoms with Crippen molar-refractivity contribution in [2.24, 2.45) is 0 Å². The zero-order valence-corrected chi connectivity index (χ0v) is 11.7. The van der Waals surface area contributed by atoms with Crippen molar-refractivity contribution in [2.75, 3.05) is 0 Å². The summed E-state index contributed by atoms with van der Waals surface area (Å²) < 4.78 is 2.12. The molecule has 0 aliphatic heterocycles. The monoisotopic (exact) mass is 272 g/mol. The molecule has 0 unspecified atom stereocenters. The first-order chi connectivity index (χ1) is 9.68. The summed E-state index contributed by atoms with van der Waals surface area (Å²) in [6, 6.07) is 6.24. The summed E-state index contributed by atoms with van der Waals surface area (Å²) in [5.74, 6) is -0.822. The molecule has 0 saturated carbocycles. The van der Waals surface area contributed by atoms with Crippen molar-refractivity contribution in [1.82, 2.24) is 9.38 Å². The highest BCUT2D eigenvalue weighted by Gasteiger charge is 2.01. The van der Waals surface area contributed by atoms with Crippen molar-refractivity contribution in [3.63, 3.8) is 0 Å². The van der Waals surface area contributed by atoms with Crippen LogP contribution in [0.4, 0.5) is 0 Å². The number of aromatic nitrogens is 2. The van der Waals surface area contributed by atoms with Crippen LogP contribution in [0, 0.1) is 0 Å². The van der Waals surface area contributed by atoms with Crippen molar-refractivity contribution in [2.45, 2.75) is 39.0 Å². The molecule has 0 fully saturated rings. The zero-order chi connectivity index (χ0) is 14.4. The number of carboxylic acid groups (broad SMARTS) is 1. The number of imidazole rings is 1. The number of hydrogen-bond acceptors (Lipinski definition) is 2. The minimum Gasteiger partial charge on any atom is -0.478 e. The molecule has 0 aliphatic rings. The Morgan fingerprint density at radius 3 is 3.00 bits per heavy atom. The van der Waals surface area contributed by atoms with Gasteiger partial charge in [0.1, 0.15) is 0 Å². The second-order valence-corrected chi connectivity index (χ2v) is 5.00. The summed E-state index contributed by atoms with van der Waals surface area (Å²) in [7, 11) is 0. The highest BCUT2D eigenvalue weighted by molar-refractivity contribution is 5.85. The van der Waals surface area contributed by atoms with Crippen LogP contribution in [0.5, 0.6) is 0 Å². The number of pyridine rings is 1. The molecule has 0 saturated heterocycles. The van der Waals surface area contributed by atoms with E-state index in [-0.39, 0.29) is 0 Å². The molecule has 0 aromatic carbocycles. The molecule has 0 atom stereocenters. The van der Waals surface area contributed by atoms with Gasteiger partial charge >= 0.3 is 5.97 Å². The van der Waals surface area contributed by atoms with Crippen LogP contribution in [0.15, 0.2) is 42.4 Å². The lowest BCUT2D eigenvalue weighted by molar-refractivity contribution is -0.132. The lowest BCUT2D eigenvalue weighted by atomic mass is 10.1. The Morgan fingerprint density at radius 1 is 1.35 bits per heavy atom. The second kappa shape index (κ2) is 6.89. The third-order valence-corrected chi connectivity index (χ3v) is 3.46. The van der Waals surface area contributed by atoms with Gasteiger partial charge in [0.2, 0.25) is 0 Å². The Morgan fingerprint density at radius 2 is 2.20 bits per heavy atom. The quantitative estimate of drug-likeness (QED) is 0.620. The number of hydrogen-bond donors (Lipinski definition) is 1. The van der Waals surface area contributed by atoms with E-state index in [2.05, 4.69) is 27.6 Å². The van der Waals surface area contributed by atoms with Crippen LogP contribution in [0.3, 0.4) is 0 Å². The number of carboxylic acids is 1. The van der Waals surface area contributed by atoms with Gasteiger partial charge in [0.05, 0.1) is 18.0 Å². The molecule has 0 aliphatic carbocycles. The maximum Gasteiger partial charge on any atom is 0.330 e.